The van der Waals surface area contributed by atoms with Gasteiger partial charge >= 0.3 is 0 Å². The summed E-state index contributed by atoms with van der Waals surface area (Å²) >= 11 is 0. The minimum Gasteiger partial charge on any atom is -0.356 e. The zero-order chi connectivity index (χ0) is 13.5. The van der Waals surface area contributed by atoms with Crippen molar-refractivity contribution in [1.82, 2.24) is 30.3 Å². The number of aryl methyl sites for hydroxylation is 2. The smallest absolute Gasteiger partial charge is 0.220 e. The lowest BCUT2D eigenvalue weighted by Gasteiger charge is -2.04. The van der Waals surface area contributed by atoms with E-state index in [1.54, 1.807) is 10.9 Å². The summed E-state index contributed by atoms with van der Waals surface area (Å²) in [6.45, 7) is 0.594. The largest absolute Gasteiger partial charge is 0.356 e. The first kappa shape index (κ1) is 13.3. The zero-order valence-electron chi connectivity index (χ0n) is 11.0. The Balaban J connectivity index is 1.58. The predicted molar refractivity (Wildman–Crippen MR) is 69.2 cm³/mol. The highest BCUT2D eigenvalue weighted by Gasteiger charge is 2.04. The topological polar surface area (TPSA) is 88.5 Å². The molecule has 2 heterocycles. The third-order valence-corrected chi connectivity index (χ3v) is 2.90. The van der Waals surface area contributed by atoms with Crippen molar-refractivity contribution in [3.05, 3.63) is 30.1 Å². The van der Waals surface area contributed by atoms with E-state index in [0.29, 0.717) is 19.4 Å². The first-order valence-corrected chi connectivity index (χ1v) is 6.33. The van der Waals surface area contributed by atoms with E-state index in [1.807, 2.05) is 13.2 Å². The maximum atomic E-state index is 11.6. The molecule has 0 aromatic carbocycles. The molecule has 2 rings (SSSR count). The van der Waals surface area contributed by atoms with Gasteiger partial charge in [-0.05, 0) is 18.4 Å². The van der Waals surface area contributed by atoms with E-state index in [9.17, 15) is 4.79 Å². The Hall–Kier alpha value is -2.18. The van der Waals surface area contributed by atoms with Crippen LogP contribution in [0.2, 0.25) is 0 Å². The summed E-state index contributed by atoms with van der Waals surface area (Å²) in [7, 11) is 1.84. The first-order valence-electron chi connectivity index (χ1n) is 6.33. The number of nitrogens with zero attached hydrogens (tertiary/aromatic N) is 4. The van der Waals surface area contributed by atoms with Crippen molar-refractivity contribution in [2.24, 2.45) is 7.05 Å². The second-order valence-corrected chi connectivity index (χ2v) is 4.36. The van der Waals surface area contributed by atoms with Crippen LogP contribution in [0.15, 0.2) is 18.7 Å². The third kappa shape index (κ3) is 4.20. The summed E-state index contributed by atoms with van der Waals surface area (Å²) < 4.78 is 1.71. The monoisotopic (exact) mass is 262 g/mol. The average Bonchev–Trinajstić information content (AvgIpc) is 3.02. The molecule has 2 aromatic rings. The fraction of sp³-hybridized carbons (Fsp3) is 0.500. The van der Waals surface area contributed by atoms with Crippen molar-refractivity contribution >= 4 is 5.91 Å². The average molecular weight is 262 g/mol. The Labute approximate surface area is 111 Å². The third-order valence-electron chi connectivity index (χ3n) is 2.90. The molecule has 0 fully saturated rings. The zero-order valence-corrected chi connectivity index (χ0v) is 11.0. The number of aromatic nitrogens is 5. The van der Waals surface area contributed by atoms with Gasteiger partial charge in [0.15, 0.2) is 0 Å². The number of amides is 1. The van der Waals surface area contributed by atoms with Crippen molar-refractivity contribution in [3.8, 4) is 0 Å². The second-order valence-electron chi connectivity index (χ2n) is 4.36. The number of aromatic amines is 1. The summed E-state index contributed by atoms with van der Waals surface area (Å²) in [4.78, 5) is 15.7. The second kappa shape index (κ2) is 6.67. The number of nitrogens with one attached hydrogen (secondary N) is 2. The Kier molecular flexibility index (Phi) is 4.66. The van der Waals surface area contributed by atoms with Crippen LogP contribution in [0.5, 0.6) is 0 Å². The van der Waals surface area contributed by atoms with Crippen molar-refractivity contribution < 1.29 is 4.79 Å². The Morgan fingerprint density at radius 2 is 2.37 bits per heavy atom. The molecule has 2 N–H and O–H groups in total. The molecule has 0 aliphatic carbocycles. The highest BCUT2D eigenvalue weighted by Crippen LogP contribution is 2.01. The number of hydrogen-bond acceptors (Lipinski definition) is 4. The van der Waals surface area contributed by atoms with Crippen LogP contribution in [0.3, 0.4) is 0 Å². The molecule has 1 amide bonds. The van der Waals surface area contributed by atoms with Gasteiger partial charge in [-0.3, -0.25) is 14.6 Å². The van der Waals surface area contributed by atoms with Gasteiger partial charge in [0.1, 0.15) is 12.2 Å². The van der Waals surface area contributed by atoms with Crippen LogP contribution in [-0.4, -0.2) is 37.4 Å². The van der Waals surface area contributed by atoms with E-state index in [-0.39, 0.29) is 5.91 Å². The Morgan fingerprint density at radius 3 is 3.05 bits per heavy atom. The number of H-pyrrole nitrogens is 1. The minimum atomic E-state index is 0.0747. The predicted octanol–water partition coefficient (Wildman–Crippen LogP) is 0.220. The molecule has 2 aromatic heterocycles. The van der Waals surface area contributed by atoms with E-state index in [1.165, 1.54) is 6.33 Å². The molecule has 0 spiro atoms. The van der Waals surface area contributed by atoms with Crippen LogP contribution in [0.4, 0.5) is 0 Å². The van der Waals surface area contributed by atoms with Gasteiger partial charge in [-0.2, -0.15) is 10.2 Å². The van der Waals surface area contributed by atoms with E-state index >= 15 is 0 Å². The van der Waals surface area contributed by atoms with Crippen molar-refractivity contribution in [2.75, 3.05) is 6.54 Å². The maximum Gasteiger partial charge on any atom is 0.220 e. The van der Waals surface area contributed by atoms with E-state index < -0.39 is 0 Å². The molecule has 0 radical (unpaired) electrons. The van der Waals surface area contributed by atoms with Gasteiger partial charge in [-0.25, -0.2) is 4.98 Å². The van der Waals surface area contributed by atoms with Crippen LogP contribution in [-0.2, 0) is 24.7 Å². The fourth-order valence-corrected chi connectivity index (χ4v) is 1.82. The van der Waals surface area contributed by atoms with Crippen molar-refractivity contribution in [2.45, 2.75) is 25.7 Å². The molecule has 0 unspecified atom stereocenters. The first-order chi connectivity index (χ1) is 9.25. The summed E-state index contributed by atoms with van der Waals surface area (Å²) in [5.74, 6) is 0.948. The lowest BCUT2D eigenvalue weighted by Crippen LogP contribution is -2.26. The lowest BCUT2D eigenvalue weighted by molar-refractivity contribution is -0.121. The van der Waals surface area contributed by atoms with Gasteiger partial charge in [0.25, 0.3) is 0 Å². The van der Waals surface area contributed by atoms with Gasteiger partial charge in [0, 0.05) is 32.6 Å². The molecule has 0 saturated carbocycles. The van der Waals surface area contributed by atoms with Crippen LogP contribution in [0.1, 0.15) is 24.2 Å². The van der Waals surface area contributed by atoms with Gasteiger partial charge in [-0.1, -0.05) is 0 Å². The van der Waals surface area contributed by atoms with Crippen molar-refractivity contribution in [3.63, 3.8) is 0 Å². The molecule has 102 valence electrons. The van der Waals surface area contributed by atoms with Crippen LogP contribution < -0.4 is 5.32 Å². The van der Waals surface area contributed by atoms with Crippen LogP contribution in [0, 0.1) is 0 Å². The maximum absolute atomic E-state index is 11.6. The molecular formula is C12H18N6O. The standard InChI is InChI=1S/C12H18N6O/c1-18-11(14-9-17-18)5-6-13-12(19)4-2-3-10-7-15-16-8-10/h7-9H,2-6H2,1H3,(H,13,19)(H,15,16). The summed E-state index contributed by atoms with van der Waals surface area (Å²) in [5.41, 5.74) is 1.13. The molecule has 0 bridgehead atoms. The van der Waals surface area contributed by atoms with Crippen LogP contribution in [0.25, 0.3) is 0 Å². The Bertz CT molecular complexity index is 504. The number of carbonyl (C=O) groups is 1. The minimum absolute atomic E-state index is 0.0747. The number of hydrogen-bond donors (Lipinski definition) is 2. The normalized spacial score (nSPS) is 10.6. The molecule has 7 nitrogen and oxygen atoms in total. The van der Waals surface area contributed by atoms with E-state index in [2.05, 4.69) is 25.6 Å². The highest BCUT2D eigenvalue weighted by atomic mass is 16.1. The molecular weight excluding hydrogens is 244 g/mol. The fourth-order valence-electron chi connectivity index (χ4n) is 1.82. The molecule has 0 aliphatic rings. The molecule has 7 heteroatoms. The van der Waals surface area contributed by atoms with Crippen molar-refractivity contribution in [1.29, 1.82) is 0 Å². The van der Waals surface area contributed by atoms with Crippen LogP contribution >= 0.6 is 0 Å². The molecule has 0 atom stereocenters. The number of rotatable bonds is 7. The van der Waals surface area contributed by atoms with E-state index in [4.69, 9.17) is 0 Å². The number of carbonyl (C=O) groups excluding carboxylic acids is 1. The van der Waals surface area contributed by atoms with Gasteiger partial charge in [-0.15, -0.1) is 0 Å². The molecule has 0 saturated heterocycles. The highest BCUT2D eigenvalue weighted by molar-refractivity contribution is 5.75. The summed E-state index contributed by atoms with van der Waals surface area (Å²) in [5, 5.41) is 13.5. The molecule has 0 aliphatic heterocycles. The summed E-state index contributed by atoms with van der Waals surface area (Å²) in [6, 6.07) is 0. The quantitative estimate of drug-likeness (QED) is 0.747. The lowest BCUT2D eigenvalue weighted by atomic mass is 10.1. The SMILES string of the molecule is Cn1ncnc1CCNC(=O)CCCc1cn[nH]c1. The van der Waals surface area contributed by atoms with Gasteiger partial charge in [0.2, 0.25) is 5.91 Å². The van der Waals surface area contributed by atoms with Gasteiger partial charge in [0.05, 0.1) is 6.20 Å². The van der Waals surface area contributed by atoms with Gasteiger partial charge < -0.3 is 5.32 Å². The Morgan fingerprint density at radius 1 is 1.47 bits per heavy atom. The summed E-state index contributed by atoms with van der Waals surface area (Å²) in [6.07, 6.45) is 8.08. The van der Waals surface area contributed by atoms with E-state index in [0.717, 1.165) is 24.2 Å². The molecule has 19 heavy (non-hydrogen) atoms.